The molecule has 1 aromatic carbocycles. The third-order valence-electron chi connectivity index (χ3n) is 5.38. The van der Waals surface area contributed by atoms with Gasteiger partial charge in [-0.15, -0.1) is 11.3 Å². The highest BCUT2D eigenvalue weighted by atomic mass is 32.2. The van der Waals surface area contributed by atoms with Gasteiger partial charge in [-0.2, -0.15) is 0 Å². The molecule has 0 amide bonds. The summed E-state index contributed by atoms with van der Waals surface area (Å²) in [6.45, 7) is 6.23. The first-order chi connectivity index (χ1) is 14.2. The number of thioether (sulfide) groups is 1. The van der Waals surface area contributed by atoms with E-state index in [1.54, 1.807) is 11.8 Å². The lowest BCUT2D eigenvalue weighted by atomic mass is 10.2. The number of pyridine rings is 1. The number of imidazole rings is 1. The van der Waals surface area contributed by atoms with E-state index in [1.165, 1.54) is 9.75 Å². The van der Waals surface area contributed by atoms with Gasteiger partial charge in [0.15, 0.2) is 11.0 Å². The highest BCUT2D eigenvalue weighted by Crippen LogP contribution is 2.33. The number of nitrogen functional groups attached to an aromatic ring is 1. The highest BCUT2D eigenvalue weighted by Gasteiger charge is 2.18. The van der Waals surface area contributed by atoms with Gasteiger partial charge in [0.2, 0.25) is 0 Å². The van der Waals surface area contributed by atoms with Crippen molar-refractivity contribution in [1.29, 1.82) is 0 Å². The molecule has 150 valence electrons. The van der Waals surface area contributed by atoms with Gasteiger partial charge in [0.25, 0.3) is 0 Å². The quantitative estimate of drug-likeness (QED) is 0.479. The second-order valence-corrected chi connectivity index (χ2v) is 9.32. The Morgan fingerprint density at radius 1 is 1.07 bits per heavy atom. The van der Waals surface area contributed by atoms with Crippen LogP contribution in [0.2, 0.25) is 0 Å². The number of rotatable bonds is 5. The SMILES string of the molecule is CSc1nc2c(N)nc3ccccc3c2n1Cc1ccc(CN2CCNCC2)s1. The molecule has 0 spiro atoms. The van der Waals surface area contributed by atoms with Gasteiger partial charge >= 0.3 is 0 Å². The Morgan fingerprint density at radius 3 is 2.62 bits per heavy atom. The third kappa shape index (κ3) is 3.61. The Labute approximate surface area is 178 Å². The van der Waals surface area contributed by atoms with Crippen molar-refractivity contribution in [2.75, 3.05) is 38.2 Å². The number of nitrogens with one attached hydrogen (secondary N) is 1. The third-order valence-corrected chi connectivity index (χ3v) is 7.11. The van der Waals surface area contributed by atoms with E-state index < -0.39 is 0 Å². The molecule has 1 aliphatic heterocycles. The Balaban J connectivity index is 1.52. The standard InChI is InChI=1S/C21H24N6S2/c1-28-21-25-18-19(16-4-2-3-5-17(16)24-20(18)22)27(21)13-15-7-6-14(29-15)12-26-10-8-23-9-11-26/h2-7,23H,8-13H2,1H3,(H2,22,24). The van der Waals surface area contributed by atoms with Crippen molar-refractivity contribution < 1.29 is 0 Å². The number of hydrogen-bond acceptors (Lipinski definition) is 7. The summed E-state index contributed by atoms with van der Waals surface area (Å²) in [4.78, 5) is 14.6. The van der Waals surface area contributed by atoms with Crippen LogP contribution in [0.1, 0.15) is 9.75 Å². The van der Waals surface area contributed by atoms with Gasteiger partial charge in [-0.3, -0.25) is 4.90 Å². The van der Waals surface area contributed by atoms with Gasteiger partial charge < -0.3 is 15.6 Å². The van der Waals surface area contributed by atoms with Crippen molar-refractivity contribution in [2.24, 2.45) is 0 Å². The zero-order valence-electron chi connectivity index (χ0n) is 16.4. The monoisotopic (exact) mass is 424 g/mol. The van der Waals surface area contributed by atoms with Gasteiger partial charge in [-0.1, -0.05) is 30.0 Å². The van der Waals surface area contributed by atoms with Crippen LogP contribution in [0.3, 0.4) is 0 Å². The van der Waals surface area contributed by atoms with Crippen molar-refractivity contribution in [3.8, 4) is 0 Å². The summed E-state index contributed by atoms with van der Waals surface area (Å²) in [5, 5.41) is 5.49. The zero-order valence-corrected chi connectivity index (χ0v) is 18.0. The predicted molar refractivity (Wildman–Crippen MR) is 123 cm³/mol. The van der Waals surface area contributed by atoms with Gasteiger partial charge in [0.05, 0.1) is 17.6 Å². The van der Waals surface area contributed by atoms with E-state index >= 15 is 0 Å². The molecule has 4 heterocycles. The Hall–Kier alpha value is -2.13. The van der Waals surface area contributed by atoms with Gasteiger partial charge in [-0.05, 0) is 24.5 Å². The van der Waals surface area contributed by atoms with Crippen LogP contribution < -0.4 is 11.1 Å². The maximum absolute atomic E-state index is 6.26. The molecule has 3 N–H and O–H groups in total. The van der Waals surface area contributed by atoms with E-state index in [1.807, 2.05) is 29.5 Å². The van der Waals surface area contributed by atoms with Crippen molar-refractivity contribution in [1.82, 2.24) is 24.8 Å². The molecule has 3 aromatic heterocycles. The first kappa shape index (κ1) is 18.9. The lowest BCUT2D eigenvalue weighted by molar-refractivity contribution is 0.235. The molecular formula is C21H24N6S2. The molecule has 0 unspecified atom stereocenters. The fourth-order valence-corrected chi connectivity index (χ4v) is 5.59. The molecule has 0 aliphatic carbocycles. The van der Waals surface area contributed by atoms with Gasteiger partial charge in [-0.25, -0.2) is 9.97 Å². The smallest absolute Gasteiger partial charge is 0.169 e. The number of nitrogens with zero attached hydrogens (tertiary/aromatic N) is 4. The van der Waals surface area contributed by atoms with E-state index in [4.69, 9.17) is 10.7 Å². The van der Waals surface area contributed by atoms with E-state index in [2.05, 4.69) is 44.2 Å². The minimum Gasteiger partial charge on any atom is -0.382 e. The van der Waals surface area contributed by atoms with Crippen LogP contribution in [0.25, 0.3) is 21.9 Å². The second kappa shape index (κ2) is 7.95. The average molecular weight is 425 g/mol. The van der Waals surface area contributed by atoms with E-state index in [-0.39, 0.29) is 0 Å². The summed E-state index contributed by atoms with van der Waals surface area (Å²) in [6.07, 6.45) is 2.06. The molecule has 6 nitrogen and oxygen atoms in total. The lowest BCUT2D eigenvalue weighted by Crippen LogP contribution is -2.42. The van der Waals surface area contributed by atoms with Crippen molar-refractivity contribution in [3.63, 3.8) is 0 Å². The molecule has 8 heteroatoms. The number of anilines is 1. The first-order valence-corrected chi connectivity index (χ1v) is 11.9. The van der Waals surface area contributed by atoms with Crippen molar-refractivity contribution in [2.45, 2.75) is 18.2 Å². The number of hydrogen-bond donors (Lipinski definition) is 2. The van der Waals surface area contributed by atoms with Crippen LogP contribution in [0, 0.1) is 0 Å². The fraction of sp³-hybridized carbons (Fsp3) is 0.333. The van der Waals surface area contributed by atoms with Crippen LogP contribution in [-0.2, 0) is 13.1 Å². The van der Waals surface area contributed by atoms with Crippen LogP contribution in [0.4, 0.5) is 5.82 Å². The van der Waals surface area contributed by atoms with Crippen molar-refractivity contribution >= 4 is 50.9 Å². The molecule has 4 aromatic rings. The number of thiophene rings is 1. The minimum atomic E-state index is 0.498. The van der Waals surface area contributed by atoms with Crippen molar-refractivity contribution in [3.05, 3.63) is 46.2 Å². The molecule has 0 saturated carbocycles. The Morgan fingerprint density at radius 2 is 1.83 bits per heavy atom. The maximum Gasteiger partial charge on any atom is 0.169 e. The van der Waals surface area contributed by atoms with E-state index in [9.17, 15) is 0 Å². The van der Waals surface area contributed by atoms with Gasteiger partial charge in [0, 0.05) is 47.9 Å². The number of nitrogens with two attached hydrogens (primary N) is 1. The normalized spacial score (nSPS) is 15.5. The fourth-order valence-electron chi connectivity index (χ4n) is 3.98. The summed E-state index contributed by atoms with van der Waals surface area (Å²) in [5.41, 5.74) is 9.05. The van der Waals surface area contributed by atoms with E-state index in [0.717, 1.165) is 66.4 Å². The molecule has 29 heavy (non-hydrogen) atoms. The maximum atomic E-state index is 6.26. The molecule has 1 aliphatic rings. The molecule has 5 rings (SSSR count). The summed E-state index contributed by atoms with van der Waals surface area (Å²) < 4.78 is 2.29. The number of benzene rings is 1. The largest absolute Gasteiger partial charge is 0.382 e. The first-order valence-electron chi connectivity index (χ1n) is 9.82. The molecule has 0 radical (unpaired) electrons. The minimum absolute atomic E-state index is 0.498. The lowest BCUT2D eigenvalue weighted by Gasteiger charge is -2.26. The number of para-hydroxylation sites is 1. The molecule has 1 saturated heterocycles. The van der Waals surface area contributed by atoms with Crippen LogP contribution in [-0.4, -0.2) is 51.9 Å². The van der Waals surface area contributed by atoms with Crippen LogP contribution >= 0.6 is 23.1 Å². The Kier molecular flexibility index (Phi) is 5.17. The Bertz CT molecular complexity index is 1160. The topological polar surface area (TPSA) is 72.0 Å². The second-order valence-electron chi connectivity index (χ2n) is 7.29. The zero-order chi connectivity index (χ0) is 19.8. The summed E-state index contributed by atoms with van der Waals surface area (Å²) >= 11 is 3.55. The summed E-state index contributed by atoms with van der Waals surface area (Å²) in [6, 6.07) is 12.7. The molecular weight excluding hydrogens is 400 g/mol. The molecule has 0 bridgehead atoms. The predicted octanol–water partition coefficient (Wildman–Crippen LogP) is 3.40. The van der Waals surface area contributed by atoms with Crippen LogP contribution in [0.15, 0.2) is 41.6 Å². The number of fused-ring (bicyclic) bond motifs is 3. The molecule has 1 fully saturated rings. The number of aromatic nitrogens is 3. The number of piperazine rings is 1. The summed E-state index contributed by atoms with van der Waals surface area (Å²) in [7, 11) is 0. The summed E-state index contributed by atoms with van der Waals surface area (Å²) in [5.74, 6) is 0.498. The highest BCUT2D eigenvalue weighted by molar-refractivity contribution is 7.98. The molecule has 0 atom stereocenters. The van der Waals surface area contributed by atoms with Gasteiger partial charge in [0.1, 0.15) is 5.52 Å². The van der Waals surface area contributed by atoms with Crippen LogP contribution in [0.5, 0.6) is 0 Å². The average Bonchev–Trinajstić information content (AvgIpc) is 3.34. The van der Waals surface area contributed by atoms with E-state index in [0.29, 0.717) is 5.82 Å².